The lowest BCUT2D eigenvalue weighted by molar-refractivity contribution is -0.115. The SMILES string of the molecule is CC#CC(=O)NCC1NCCCC1(C)C. The van der Waals surface area contributed by atoms with Crippen LogP contribution in [0.15, 0.2) is 0 Å². The average molecular weight is 208 g/mol. The van der Waals surface area contributed by atoms with Crippen LogP contribution < -0.4 is 10.6 Å². The first-order valence-corrected chi connectivity index (χ1v) is 5.50. The summed E-state index contributed by atoms with van der Waals surface area (Å²) in [5, 5.41) is 6.28. The summed E-state index contributed by atoms with van der Waals surface area (Å²) in [6, 6.07) is 0.355. The average Bonchev–Trinajstić information content (AvgIpc) is 2.16. The van der Waals surface area contributed by atoms with Gasteiger partial charge < -0.3 is 10.6 Å². The fraction of sp³-hybridized carbons (Fsp3) is 0.750. The van der Waals surface area contributed by atoms with Gasteiger partial charge >= 0.3 is 0 Å². The van der Waals surface area contributed by atoms with Gasteiger partial charge in [0.15, 0.2) is 0 Å². The summed E-state index contributed by atoms with van der Waals surface area (Å²) in [6.07, 6.45) is 2.42. The molecule has 1 atom stereocenters. The fourth-order valence-corrected chi connectivity index (χ4v) is 1.97. The maximum absolute atomic E-state index is 11.2. The maximum atomic E-state index is 11.2. The lowest BCUT2D eigenvalue weighted by Crippen LogP contribution is -2.52. The molecule has 0 aromatic carbocycles. The molecule has 0 aliphatic carbocycles. The van der Waals surface area contributed by atoms with E-state index >= 15 is 0 Å². The standard InChI is InChI=1S/C12H20N2O/c1-4-6-11(15)14-9-10-12(2,3)7-5-8-13-10/h10,13H,5,7-9H2,1-3H3,(H,14,15). The third-order valence-electron chi connectivity index (χ3n) is 3.04. The third-order valence-corrected chi connectivity index (χ3v) is 3.04. The molecule has 1 aliphatic rings. The molecule has 1 rings (SSSR count). The van der Waals surface area contributed by atoms with Gasteiger partial charge in [-0.05, 0) is 37.6 Å². The van der Waals surface area contributed by atoms with Gasteiger partial charge in [-0.3, -0.25) is 4.79 Å². The molecule has 84 valence electrons. The zero-order valence-corrected chi connectivity index (χ0v) is 9.81. The molecule has 0 radical (unpaired) electrons. The van der Waals surface area contributed by atoms with Crippen LogP contribution in [0, 0.1) is 17.3 Å². The first-order valence-electron chi connectivity index (χ1n) is 5.50. The van der Waals surface area contributed by atoms with Crippen LogP contribution in [0.4, 0.5) is 0 Å². The van der Waals surface area contributed by atoms with Crippen LogP contribution in [0.3, 0.4) is 0 Å². The van der Waals surface area contributed by atoms with E-state index in [9.17, 15) is 4.79 Å². The molecule has 1 fully saturated rings. The Kier molecular flexibility index (Phi) is 4.16. The number of hydrogen-bond donors (Lipinski definition) is 2. The summed E-state index contributed by atoms with van der Waals surface area (Å²) >= 11 is 0. The number of carbonyl (C=O) groups excluding carboxylic acids is 1. The monoisotopic (exact) mass is 208 g/mol. The molecule has 3 nitrogen and oxygen atoms in total. The Hall–Kier alpha value is -1.01. The van der Waals surface area contributed by atoms with Crippen LogP contribution in [0.1, 0.15) is 33.6 Å². The number of piperidine rings is 1. The van der Waals surface area contributed by atoms with Crippen molar-refractivity contribution in [3.05, 3.63) is 0 Å². The maximum Gasteiger partial charge on any atom is 0.295 e. The summed E-state index contributed by atoms with van der Waals surface area (Å²) in [6.45, 7) is 7.86. The van der Waals surface area contributed by atoms with Gasteiger partial charge in [-0.15, -0.1) is 0 Å². The van der Waals surface area contributed by atoms with Crippen molar-refractivity contribution < 1.29 is 4.79 Å². The Morgan fingerprint density at radius 1 is 1.60 bits per heavy atom. The van der Waals surface area contributed by atoms with Crippen LogP contribution in [-0.2, 0) is 4.79 Å². The minimum atomic E-state index is -0.180. The lowest BCUT2D eigenvalue weighted by Gasteiger charge is -2.39. The van der Waals surface area contributed by atoms with Crippen molar-refractivity contribution in [3.8, 4) is 11.8 Å². The van der Waals surface area contributed by atoms with Crippen molar-refractivity contribution in [2.45, 2.75) is 39.7 Å². The van der Waals surface area contributed by atoms with E-state index in [1.807, 2.05) is 0 Å². The zero-order chi connectivity index (χ0) is 11.3. The van der Waals surface area contributed by atoms with Crippen LogP contribution in [0.25, 0.3) is 0 Å². The van der Waals surface area contributed by atoms with Gasteiger partial charge in [-0.25, -0.2) is 0 Å². The van der Waals surface area contributed by atoms with Gasteiger partial charge in [0.2, 0.25) is 0 Å². The van der Waals surface area contributed by atoms with Gasteiger partial charge in [0, 0.05) is 12.6 Å². The van der Waals surface area contributed by atoms with Crippen LogP contribution in [0.2, 0.25) is 0 Å². The number of rotatable bonds is 2. The molecule has 1 heterocycles. The molecule has 15 heavy (non-hydrogen) atoms. The van der Waals surface area contributed by atoms with Gasteiger partial charge in [0.05, 0.1) is 0 Å². The van der Waals surface area contributed by atoms with E-state index in [4.69, 9.17) is 0 Å². The minimum absolute atomic E-state index is 0.180. The van der Waals surface area contributed by atoms with Gasteiger partial charge in [-0.1, -0.05) is 19.8 Å². The first kappa shape index (κ1) is 12.1. The minimum Gasteiger partial charge on any atom is -0.344 e. The Labute approximate surface area is 92.0 Å². The molecular weight excluding hydrogens is 188 g/mol. The molecule has 0 aromatic heterocycles. The fourth-order valence-electron chi connectivity index (χ4n) is 1.97. The molecule has 1 saturated heterocycles. The quantitative estimate of drug-likeness (QED) is 0.662. The Balaban J connectivity index is 2.42. The molecule has 3 heteroatoms. The lowest BCUT2D eigenvalue weighted by atomic mass is 9.77. The van der Waals surface area contributed by atoms with Crippen LogP contribution in [-0.4, -0.2) is 25.0 Å². The number of carbonyl (C=O) groups is 1. The van der Waals surface area contributed by atoms with Gasteiger partial charge in [-0.2, -0.15) is 0 Å². The highest BCUT2D eigenvalue weighted by Crippen LogP contribution is 2.29. The predicted molar refractivity (Wildman–Crippen MR) is 61.3 cm³/mol. The van der Waals surface area contributed by atoms with Crippen molar-refractivity contribution in [1.82, 2.24) is 10.6 Å². The molecule has 0 aromatic rings. The number of hydrogen-bond acceptors (Lipinski definition) is 2. The summed E-state index contributed by atoms with van der Waals surface area (Å²) in [5.74, 6) is 4.90. The van der Waals surface area contributed by atoms with Crippen LogP contribution >= 0.6 is 0 Å². The molecule has 1 aliphatic heterocycles. The highest BCUT2D eigenvalue weighted by molar-refractivity contribution is 5.93. The van der Waals surface area contributed by atoms with E-state index in [1.54, 1.807) is 6.92 Å². The molecule has 0 bridgehead atoms. The molecule has 0 spiro atoms. The summed E-state index contributed by atoms with van der Waals surface area (Å²) in [7, 11) is 0. The smallest absolute Gasteiger partial charge is 0.295 e. The normalized spacial score (nSPS) is 23.8. The van der Waals surface area contributed by atoms with E-state index in [1.165, 1.54) is 12.8 Å². The summed E-state index contributed by atoms with van der Waals surface area (Å²) in [5.41, 5.74) is 0.255. The molecule has 2 N–H and O–H groups in total. The second-order valence-corrected chi connectivity index (χ2v) is 4.68. The van der Waals surface area contributed by atoms with Crippen molar-refractivity contribution in [2.24, 2.45) is 5.41 Å². The number of nitrogens with one attached hydrogen (secondary N) is 2. The number of amides is 1. The second-order valence-electron chi connectivity index (χ2n) is 4.68. The molecule has 1 amide bonds. The van der Waals surface area contributed by atoms with Crippen molar-refractivity contribution in [1.29, 1.82) is 0 Å². The molecule has 1 unspecified atom stereocenters. The van der Waals surface area contributed by atoms with Crippen molar-refractivity contribution in [2.75, 3.05) is 13.1 Å². The molecule has 0 saturated carbocycles. The van der Waals surface area contributed by atoms with E-state index in [2.05, 4.69) is 36.3 Å². The predicted octanol–water partition coefficient (Wildman–Crippen LogP) is 0.904. The van der Waals surface area contributed by atoms with E-state index < -0.39 is 0 Å². The Morgan fingerprint density at radius 3 is 2.93 bits per heavy atom. The Morgan fingerprint density at radius 2 is 2.33 bits per heavy atom. The van der Waals surface area contributed by atoms with Gasteiger partial charge in [0.1, 0.15) is 0 Å². The summed E-state index contributed by atoms with van der Waals surface area (Å²) < 4.78 is 0. The van der Waals surface area contributed by atoms with Gasteiger partial charge in [0.25, 0.3) is 5.91 Å². The van der Waals surface area contributed by atoms with E-state index in [0.29, 0.717) is 12.6 Å². The van der Waals surface area contributed by atoms with Crippen molar-refractivity contribution in [3.63, 3.8) is 0 Å². The zero-order valence-electron chi connectivity index (χ0n) is 9.81. The van der Waals surface area contributed by atoms with E-state index in [0.717, 1.165) is 6.54 Å². The largest absolute Gasteiger partial charge is 0.344 e. The Bertz CT molecular complexity index is 286. The topological polar surface area (TPSA) is 41.1 Å². The van der Waals surface area contributed by atoms with E-state index in [-0.39, 0.29) is 11.3 Å². The highest BCUT2D eigenvalue weighted by Gasteiger charge is 2.31. The van der Waals surface area contributed by atoms with Crippen molar-refractivity contribution >= 4 is 5.91 Å². The van der Waals surface area contributed by atoms with Crippen LogP contribution in [0.5, 0.6) is 0 Å². The summed E-state index contributed by atoms with van der Waals surface area (Å²) in [4.78, 5) is 11.2. The third kappa shape index (κ3) is 3.56. The highest BCUT2D eigenvalue weighted by atomic mass is 16.1. The first-order chi connectivity index (χ1) is 7.06. The molecular formula is C12H20N2O. The second kappa shape index (κ2) is 5.18.